The van der Waals surface area contributed by atoms with E-state index in [0.717, 1.165) is 5.56 Å². The van der Waals surface area contributed by atoms with Gasteiger partial charge in [0, 0.05) is 0 Å². The zero-order valence-electron chi connectivity index (χ0n) is 8.42. The Balaban J connectivity index is 2.45. The molecule has 0 saturated carbocycles. The first kappa shape index (κ1) is 10.2. The number of primary amides is 1. The van der Waals surface area contributed by atoms with Crippen molar-refractivity contribution >= 4 is 11.7 Å². The van der Waals surface area contributed by atoms with E-state index in [0.29, 0.717) is 0 Å². The number of hydrogen-bond donors (Lipinski definition) is 3. The van der Waals surface area contributed by atoms with Gasteiger partial charge in [0.2, 0.25) is 0 Å². The highest BCUT2D eigenvalue weighted by Gasteiger charge is 2.30. The van der Waals surface area contributed by atoms with E-state index >= 15 is 0 Å². The van der Waals surface area contributed by atoms with Gasteiger partial charge < -0.3 is 16.6 Å². The van der Waals surface area contributed by atoms with Gasteiger partial charge in [-0.1, -0.05) is 30.3 Å². The maximum absolute atomic E-state index is 11.0. The molecule has 0 radical (unpaired) electrons. The minimum atomic E-state index is -0.766. The van der Waals surface area contributed by atoms with Gasteiger partial charge in [-0.15, -0.1) is 0 Å². The van der Waals surface area contributed by atoms with Gasteiger partial charge in [-0.3, -0.25) is 9.79 Å². The Morgan fingerprint density at radius 1 is 1.31 bits per heavy atom. The number of nitrogens with zero attached hydrogens (tertiary/aromatic N) is 1. The minimum Gasteiger partial charge on any atom is -0.509 e. The maximum Gasteiger partial charge on any atom is 0.255 e. The molecule has 1 amide bonds. The number of aliphatic hydroxyl groups is 1. The van der Waals surface area contributed by atoms with Crippen molar-refractivity contribution in [2.45, 2.75) is 6.04 Å². The number of nitrogens with two attached hydrogens (primary N) is 2. The van der Waals surface area contributed by atoms with Gasteiger partial charge in [-0.25, -0.2) is 0 Å². The topological polar surface area (TPSA) is 102 Å². The van der Waals surface area contributed by atoms with Gasteiger partial charge in [0.25, 0.3) is 5.91 Å². The molecule has 1 aromatic carbocycles. The first-order valence-corrected chi connectivity index (χ1v) is 4.72. The fourth-order valence-electron chi connectivity index (χ4n) is 1.65. The van der Waals surface area contributed by atoms with Gasteiger partial charge in [0.05, 0.1) is 0 Å². The lowest BCUT2D eigenvalue weighted by Crippen LogP contribution is -2.25. The second-order valence-electron chi connectivity index (χ2n) is 3.45. The molecule has 1 aromatic rings. The molecule has 1 atom stereocenters. The van der Waals surface area contributed by atoms with Crippen molar-refractivity contribution in [3.63, 3.8) is 0 Å². The fraction of sp³-hybridized carbons (Fsp3) is 0.0909. The normalized spacial score (nSPS) is 19.8. The van der Waals surface area contributed by atoms with E-state index in [1.807, 2.05) is 18.2 Å². The molecule has 2 rings (SSSR count). The molecule has 0 unspecified atom stereocenters. The summed E-state index contributed by atoms with van der Waals surface area (Å²) in [5.74, 6) is -0.966. The van der Waals surface area contributed by atoms with Gasteiger partial charge in [-0.2, -0.15) is 0 Å². The van der Waals surface area contributed by atoms with Crippen LogP contribution in [0.15, 0.2) is 46.7 Å². The molecule has 1 heterocycles. The van der Waals surface area contributed by atoms with E-state index < -0.39 is 11.9 Å². The molecule has 5 heteroatoms. The molecule has 0 saturated heterocycles. The lowest BCUT2D eigenvalue weighted by molar-refractivity contribution is -0.114. The maximum atomic E-state index is 11.0. The zero-order valence-corrected chi connectivity index (χ0v) is 8.42. The molecular formula is C11H11N3O2. The van der Waals surface area contributed by atoms with Crippen LogP contribution in [0.1, 0.15) is 11.6 Å². The van der Waals surface area contributed by atoms with Crippen molar-refractivity contribution in [1.82, 2.24) is 0 Å². The molecule has 0 aliphatic carbocycles. The number of aliphatic imine (C=N–C) groups is 1. The van der Waals surface area contributed by atoms with Crippen LogP contribution in [0.4, 0.5) is 0 Å². The number of hydrogen-bond acceptors (Lipinski definition) is 4. The molecule has 0 spiro atoms. The summed E-state index contributed by atoms with van der Waals surface area (Å²) >= 11 is 0. The van der Waals surface area contributed by atoms with Crippen molar-refractivity contribution in [1.29, 1.82) is 0 Å². The lowest BCUT2D eigenvalue weighted by Gasteiger charge is -2.07. The van der Waals surface area contributed by atoms with Crippen LogP contribution in [0, 0.1) is 0 Å². The van der Waals surface area contributed by atoms with Gasteiger partial charge >= 0.3 is 0 Å². The van der Waals surface area contributed by atoms with Crippen molar-refractivity contribution in [2.24, 2.45) is 16.5 Å². The van der Waals surface area contributed by atoms with E-state index in [1.54, 1.807) is 12.1 Å². The van der Waals surface area contributed by atoms with Crippen LogP contribution in [-0.2, 0) is 4.79 Å². The molecule has 0 bridgehead atoms. The van der Waals surface area contributed by atoms with Crippen LogP contribution >= 0.6 is 0 Å². The second-order valence-corrected chi connectivity index (χ2v) is 3.45. The number of carbonyl (C=O) groups excluding carboxylic acids is 1. The molecule has 0 aromatic heterocycles. The number of carbonyl (C=O) groups is 1. The van der Waals surface area contributed by atoms with Crippen LogP contribution in [0.25, 0.3) is 0 Å². The molecular weight excluding hydrogens is 206 g/mol. The number of rotatable bonds is 2. The van der Waals surface area contributed by atoms with E-state index in [2.05, 4.69) is 4.99 Å². The predicted octanol–water partition coefficient (Wildman–Crippen LogP) is 0.396. The highest BCUT2D eigenvalue weighted by molar-refractivity contribution is 6.21. The quantitative estimate of drug-likeness (QED) is 0.668. The molecule has 0 fully saturated rings. The summed E-state index contributed by atoms with van der Waals surface area (Å²) in [5, 5.41) is 9.83. The molecule has 1 aliphatic rings. The monoisotopic (exact) mass is 217 g/mol. The van der Waals surface area contributed by atoms with E-state index in [1.165, 1.54) is 0 Å². The Kier molecular flexibility index (Phi) is 2.36. The third-order valence-corrected chi connectivity index (χ3v) is 2.40. The second kappa shape index (κ2) is 3.69. The average Bonchev–Trinajstić information content (AvgIpc) is 2.55. The smallest absolute Gasteiger partial charge is 0.255 e. The Hall–Kier alpha value is -2.30. The van der Waals surface area contributed by atoms with Crippen LogP contribution < -0.4 is 11.5 Å². The molecule has 5 nitrogen and oxygen atoms in total. The summed E-state index contributed by atoms with van der Waals surface area (Å²) in [6.07, 6.45) is 0. The number of benzene rings is 1. The molecule has 1 aliphatic heterocycles. The van der Waals surface area contributed by atoms with Crippen LogP contribution in [0.3, 0.4) is 0 Å². The summed E-state index contributed by atoms with van der Waals surface area (Å²) in [6.45, 7) is 0. The SMILES string of the molecule is NC(=O)C1=C(O)[C@H](c2ccccc2)N=C1N. The molecule has 5 N–H and O–H groups in total. The van der Waals surface area contributed by atoms with Crippen molar-refractivity contribution in [3.8, 4) is 0 Å². The standard InChI is InChI=1S/C11H11N3O2/c12-10-7(11(13)16)9(15)8(14-10)6-4-2-1-3-5-6/h1-5,8,15H,(H2,12,14)(H2,13,16)/t8-/m0/s1. The Bertz CT molecular complexity index is 491. The van der Waals surface area contributed by atoms with E-state index in [4.69, 9.17) is 11.5 Å². The average molecular weight is 217 g/mol. The highest BCUT2D eigenvalue weighted by atomic mass is 16.3. The predicted molar refractivity (Wildman–Crippen MR) is 59.7 cm³/mol. The fourth-order valence-corrected chi connectivity index (χ4v) is 1.65. The highest BCUT2D eigenvalue weighted by Crippen LogP contribution is 2.31. The summed E-state index contributed by atoms with van der Waals surface area (Å²) in [6, 6.07) is 8.45. The molecule has 16 heavy (non-hydrogen) atoms. The largest absolute Gasteiger partial charge is 0.509 e. The first-order chi connectivity index (χ1) is 7.61. The van der Waals surface area contributed by atoms with Gasteiger partial charge in [0.1, 0.15) is 23.2 Å². The van der Waals surface area contributed by atoms with Gasteiger partial charge in [0.15, 0.2) is 0 Å². The summed E-state index contributed by atoms with van der Waals surface area (Å²) < 4.78 is 0. The van der Waals surface area contributed by atoms with Gasteiger partial charge in [-0.05, 0) is 5.56 Å². The summed E-state index contributed by atoms with van der Waals surface area (Å²) in [5.41, 5.74) is 11.3. The lowest BCUT2D eigenvalue weighted by atomic mass is 10.0. The minimum absolute atomic E-state index is 0.0150. The summed E-state index contributed by atoms with van der Waals surface area (Å²) in [7, 11) is 0. The van der Waals surface area contributed by atoms with Crippen LogP contribution in [0.5, 0.6) is 0 Å². The Morgan fingerprint density at radius 3 is 2.44 bits per heavy atom. The third kappa shape index (κ3) is 1.52. The van der Waals surface area contributed by atoms with Crippen molar-refractivity contribution in [3.05, 3.63) is 47.2 Å². The summed E-state index contributed by atoms with van der Waals surface area (Å²) in [4.78, 5) is 15.1. The first-order valence-electron chi connectivity index (χ1n) is 4.72. The third-order valence-electron chi connectivity index (χ3n) is 2.40. The number of amidine groups is 1. The van der Waals surface area contributed by atoms with Crippen LogP contribution in [0.2, 0.25) is 0 Å². The van der Waals surface area contributed by atoms with E-state index in [9.17, 15) is 9.90 Å². The molecule has 82 valence electrons. The van der Waals surface area contributed by atoms with Crippen molar-refractivity contribution in [2.75, 3.05) is 0 Å². The zero-order chi connectivity index (χ0) is 11.7. The van der Waals surface area contributed by atoms with E-state index in [-0.39, 0.29) is 17.2 Å². The Morgan fingerprint density at radius 2 is 1.94 bits per heavy atom. The number of amides is 1. The number of aliphatic hydroxyl groups excluding tert-OH is 1. The van der Waals surface area contributed by atoms with Crippen molar-refractivity contribution < 1.29 is 9.90 Å². The Labute approximate surface area is 92.1 Å². The van der Waals surface area contributed by atoms with Crippen LogP contribution in [-0.4, -0.2) is 16.8 Å².